The quantitative estimate of drug-likeness (QED) is 0.587. The SMILES string of the molecule is CCNC(=O)N(C)CC(=O)N1N=C(c2ccc(OC)cc2OC)CC1c1ccc(OC)c(OC)c1. The molecule has 1 aliphatic heterocycles. The van der Waals surface area contributed by atoms with Crippen LogP contribution in [-0.2, 0) is 4.79 Å². The number of ether oxygens (including phenoxy) is 4. The molecule has 1 unspecified atom stereocenters. The van der Waals surface area contributed by atoms with Crippen molar-refractivity contribution in [1.82, 2.24) is 15.2 Å². The van der Waals surface area contributed by atoms with Crippen LogP contribution >= 0.6 is 0 Å². The second kappa shape index (κ2) is 11.5. The number of likely N-dealkylation sites (N-methyl/N-ethyl adjacent to an activating group) is 1. The molecule has 10 nitrogen and oxygen atoms in total. The van der Waals surface area contributed by atoms with E-state index in [9.17, 15) is 9.59 Å². The summed E-state index contributed by atoms with van der Waals surface area (Å²) in [6, 6.07) is 10.2. The fourth-order valence-corrected chi connectivity index (χ4v) is 3.89. The second-order valence-corrected chi connectivity index (χ2v) is 7.88. The molecule has 3 rings (SSSR count). The Morgan fingerprint density at radius 1 is 1.00 bits per heavy atom. The van der Waals surface area contributed by atoms with Crippen molar-refractivity contribution < 1.29 is 28.5 Å². The van der Waals surface area contributed by atoms with Crippen LogP contribution in [0.3, 0.4) is 0 Å². The number of urea groups is 1. The number of hydrazone groups is 1. The number of nitrogens with zero attached hydrogens (tertiary/aromatic N) is 3. The molecule has 0 saturated heterocycles. The van der Waals surface area contributed by atoms with Gasteiger partial charge in [-0.2, -0.15) is 5.10 Å². The van der Waals surface area contributed by atoms with Crippen LogP contribution in [0.5, 0.6) is 23.0 Å². The highest BCUT2D eigenvalue weighted by Gasteiger charge is 2.35. The van der Waals surface area contributed by atoms with Gasteiger partial charge in [-0.15, -0.1) is 0 Å². The first kappa shape index (κ1) is 25.7. The van der Waals surface area contributed by atoms with E-state index in [1.165, 1.54) is 9.91 Å². The van der Waals surface area contributed by atoms with Gasteiger partial charge in [0.2, 0.25) is 0 Å². The molecule has 1 aliphatic rings. The third-order valence-electron chi connectivity index (χ3n) is 5.72. The molecule has 3 amide bonds. The van der Waals surface area contributed by atoms with Crippen LogP contribution in [0.4, 0.5) is 4.79 Å². The summed E-state index contributed by atoms with van der Waals surface area (Å²) in [5, 5.41) is 8.81. The minimum atomic E-state index is -0.410. The predicted octanol–water partition coefficient (Wildman–Crippen LogP) is 3.06. The summed E-state index contributed by atoms with van der Waals surface area (Å²) in [7, 11) is 7.85. The van der Waals surface area contributed by atoms with Gasteiger partial charge in [-0.25, -0.2) is 9.80 Å². The van der Waals surface area contributed by atoms with Crippen LogP contribution in [0.25, 0.3) is 0 Å². The first-order valence-electron chi connectivity index (χ1n) is 11.2. The van der Waals surface area contributed by atoms with Gasteiger partial charge in [-0.1, -0.05) is 6.07 Å². The molecule has 2 aromatic rings. The highest BCUT2D eigenvalue weighted by atomic mass is 16.5. The van der Waals surface area contributed by atoms with Gasteiger partial charge < -0.3 is 29.2 Å². The summed E-state index contributed by atoms with van der Waals surface area (Å²) >= 11 is 0. The zero-order valence-corrected chi connectivity index (χ0v) is 21.0. The summed E-state index contributed by atoms with van der Waals surface area (Å²) in [5.74, 6) is 2.05. The van der Waals surface area contributed by atoms with Gasteiger partial charge in [-0.05, 0) is 36.8 Å². The molecule has 2 aromatic carbocycles. The molecule has 188 valence electrons. The maximum Gasteiger partial charge on any atom is 0.317 e. The Morgan fingerprint density at radius 2 is 1.71 bits per heavy atom. The van der Waals surface area contributed by atoms with Crippen molar-refractivity contribution >= 4 is 17.6 Å². The molecular weight excluding hydrogens is 452 g/mol. The minimum absolute atomic E-state index is 0.133. The molecule has 1 heterocycles. The zero-order valence-electron chi connectivity index (χ0n) is 21.0. The Bertz CT molecular complexity index is 1100. The lowest BCUT2D eigenvalue weighted by molar-refractivity contribution is -0.133. The van der Waals surface area contributed by atoms with Crippen LogP contribution in [0.2, 0.25) is 0 Å². The summed E-state index contributed by atoms with van der Waals surface area (Å²) in [5.41, 5.74) is 2.26. The number of amides is 3. The maximum absolute atomic E-state index is 13.3. The number of benzene rings is 2. The Hall–Kier alpha value is -3.95. The highest BCUT2D eigenvalue weighted by molar-refractivity contribution is 6.05. The summed E-state index contributed by atoms with van der Waals surface area (Å²) < 4.78 is 21.7. The van der Waals surface area contributed by atoms with Crippen molar-refractivity contribution in [3.05, 3.63) is 47.5 Å². The first-order valence-corrected chi connectivity index (χ1v) is 11.2. The molecular formula is C25H32N4O6. The number of carbonyl (C=O) groups is 2. The van der Waals surface area contributed by atoms with E-state index >= 15 is 0 Å². The topological polar surface area (TPSA) is 102 Å². The van der Waals surface area contributed by atoms with Gasteiger partial charge in [0.1, 0.15) is 18.0 Å². The van der Waals surface area contributed by atoms with E-state index in [0.29, 0.717) is 41.7 Å². The first-order chi connectivity index (χ1) is 16.9. The summed E-state index contributed by atoms with van der Waals surface area (Å²) in [6.07, 6.45) is 0.439. The zero-order chi connectivity index (χ0) is 25.5. The van der Waals surface area contributed by atoms with Crippen molar-refractivity contribution in [1.29, 1.82) is 0 Å². The monoisotopic (exact) mass is 484 g/mol. The number of rotatable bonds is 9. The van der Waals surface area contributed by atoms with E-state index in [2.05, 4.69) is 10.4 Å². The summed E-state index contributed by atoms with van der Waals surface area (Å²) in [4.78, 5) is 26.9. The van der Waals surface area contributed by atoms with E-state index in [0.717, 1.165) is 11.1 Å². The van der Waals surface area contributed by atoms with Crippen LogP contribution < -0.4 is 24.3 Å². The van der Waals surface area contributed by atoms with Crippen LogP contribution in [-0.4, -0.2) is 76.1 Å². The highest BCUT2D eigenvalue weighted by Crippen LogP contribution is 2.39. The molecule has 0 aliphatic carbocycles. The Balaban J connectivity index is 2.00. The van der Waals surface area contributed by atoms with E-state index in [4.69, 9.17) is 18.9 Å². The summed E-state index contributed by atoms with van der Waals surface area (Å²) in [6.45, 7) is 2.15. The van der Waals surface area contributed by atoms with Crippen LogP contribution in [0.15, 0.2) is 41.5 Å². The molecule has 0 spiro atoms. The predicted molar refractivity (Wildman–Crippen MR) is 132 cm³/mol. The molecule has 0 saturated carbocycles. The molecule has 35 heavy (non-hydrogen) atoms. The van der Waals surface area contributed by atoms with Crippen molar-refractivity contribution in [3.63, 3.8) is 0 Å². The third kappa shape index (κ3) is 5.59. The molecule has 1 N–H and O–H groups in total. The van der Waals surface area contributed by atoms with E-state index in [-0.39, 0.29) is 18.5 Å². The number of carbonyl (C=O) groups excluding carboxylic acids is 2. The van der Waals surface area contributed by atoms with E-state index < -0.39 is 6.04 Å². The molecule has 0 fully saturated rings. The van der Waals surface area contributed by atoms with Crippen molar-refractivity contribution in [2.24, 2.45) is 5.10 Å². The lowest BCUT2D eigenvalue weighted by Gasteiger charge is -2.25. The number of hydrogen-bond donors (Lipinski definition) is 1. The standard InChI is InChI=1S/C25H32N4O6/c1-7-26-25(31)28(2)15-24(30)29-20(16-8-11-21(33-4)23(12-16)35-6)14-19(27-29)18-10-9-17(32-3)13-22(18)34-5/h8-13,20H,7,14-15H2,1-6H3,(H,26,31). The van der Waals surface area contributed by atoms with Crippen LogP contribution in [0.1, 0.15) is 30.5 Å². The molecule has 10 heteroatoms. The largest absolute Gasteiger partial charge is 0.497 e. The Labute approximate surface area is 205 Å². The minimum Gasteiger partial charge on any atom is -0.497 e. The lowest BCUT2D eigenvalue weighted by atomic mass is 9.97. The number of hydrogen-bond acceptors (Lipinski definition) is 7. The van der Waals surface area contributed by atoms with Crippen LogP contribution in [0, 0.1) is 0 Å². The number of methoxy groups -OCH3 is 4. The van der Waals surface area contributed by atoms with Gasteiger partial charge in [0.25, 0.3) is 5.91 Å². The van der Waals surface area contributed by atoms with Crippen molar-refractivity contribution in [3.8, 4) is 23.0 Å². The maximum atomic E-state index is 13.3. The van der Waals surface area contributed by atoms with Crippen molar-refractivity contribution in [2.75, 3.05) is 48.6 Å². The van der Waals surface area contributed by atoms with Gasteiger partial charge in [0, 0.05) is 31.6 Å². The van der Waals surface area contributed by atoms with Gasteiger partial charge >= 0.3 is 6.03 Å². The molecule has 0 aromatic heterocycles. The van der Waals surface area contributed by atoms with E-state index in [1.807, 2.05) is 31.2 Å². The average Bonchev–Trinajstić information content (AvgIpc) is 3.33. The van der Waals surface area contributed by atoms with Gasteiger partial charge in [-0.3, -0.25) is 4.79 Å². The lowest BCUT2D eigenvalue weighted by Crippen LogP contribution is -2.43. The molecule has 0 bridgehead atoms. The smallest absolute Gasteiger partial charge is 0.317 e. The van der Waals surface area contributed by atoms with E-state index in [1.54, 1.807) is 47.6 Å². The van der Waals surface area contributed by atoms with Crippen molar-refractivity contribution in [2.45, 2.75) is 19.4 Å². The normalized spacial score (nSPS) is 14.7. The second-order valence-electron chi connectivity index (χ2n) is 7.88. The number of nitrogens with one attached hydrogen (secondary N) is 1. The Morgan fingerprint density at radius 3 is 2.34 bits per heavy atom. The van der Waals surface area contributed by atoms with Gasteiger partial charge in [0.15, 0.2) is 11.5 Å². The third-order valence-corrected chi connectivity index (χ3v) is 5.72. The fourth-order valence-electron chi connectivity index (χ4n) is 3.89. The Kier molecular flexibility index (Phi) is 8.40. The molecule has 0 radical (unpaired) electrons. The molecule has 1 atom stereocenters. The fraction of sp³-hybridized carbons (Fsp3) is 0.400. The van der Waals surface area contributed by atoms with Gasteiger partial charge in [0.05, 0.1) is 40.2 Å². The average molecular weight is 485 g/mol.